The van der Waals surface area contributed by atoms with E-state index in [2.05, 4.69) is 5.32 Å². The average molecular weight is 324 g/mol. The third-order valence-corrected chi connectivity index (χ3v) is 3.17. The molecule has 1 aromatic carbocycles. The smallest absolute Gasteiger partial charge is 0.287 e. The standard InChI is InChI=1S/C16H18ClNO4/c1-11(17)12-7-8-15(22-12)16(19)18-9-10-21-14-6-4-3-5-13(14)20-2/h3-8,11H,9-10H2,1-2H3,(H,18,19). The molecule has 0 saturated heterocycles. The molecule has 0 aliphatic rings. The summed E-state index contributed by atoms with van der Waals surface area (Å²) < 4.78 is 16.1. The van der Waals surface area contributed by atoms with Crippen molar-refractivity contribution in [1.29, 1.82) is 0 Å². The third kappa shape index (κ3) is 4.18. The van der Waals surface area contributed by atoms with Crippen LogP contribution in [-0.2, 0) is 0 Å². The maximum atomic E-state index is 11.9. The molecule has 2 aromatic rings. The molecule has 0 radical (unpaired) electrons. The Morgan fingerprint density at radius 3 is 2.64 bits per heavy atom. The first kappa shape index (κ1) is 16.2. The first-order valence-electron chi connectivity index (χ1n) is 6.89. The summed E-state index contributed by atoms with van der Waals surface area (Å²) in [5.41, 5.74) is 0. The van der Waals surface area contributed by atoms with E-state index in [4.69, 9.17) is 25.5 Å². The lowest BCUT2D eigenvalue weighted by Gasteiger charge is -2.10. The van der Waals surface area contributed by atoms with Crippen LogP contribution in [-0.4, -0.2) is 26.2 Å². The molecule has 1 unspecified atom stereocenters. The molecule has 0 aliphatic heterocycles. The fraction of sp³-hybridized carbons (Fsp3) is 0.312. The van der Waals surface area contributed by atoms with E-state index in [0.717, 1.165) is 0 Å². The molecule has 1 amide bonds. The first-order chi connectivity index (χ1) is 10.6. The molecule has 0 saturated carbocycles. The monoisotopic (exact) mass is 323 g/mol. The topological polar surface area (TPSA) is 60.7 Å². The van der Waals surface area contributed by atoms with Gasteiger partial charge < -0.3 is 19.2 Å². The number of amides is 1. The molecule has 0 aliphatic carbocycles. The van der Waals surface area contributed by atoms with Crippen LogP contribution in [0.15, 0.2) is 40.8 Å². The summed E-state index contributed by atoms with van der Waals surface area (Å²) in [7, 11) is 1.58. The van der Waals surface area contributed by atoms with Crippen molar-refractivity contribution in [3.8, 4) is 11.5 Å². The number of ether oxygens (including phenoxy) is 2. The Morgan fingerprint density at radius 1 is 1.27 bits per heavy atom. The minimum absolute atomic E-state index is 0.236. The van der Waals surface area contributed by atoms with Crippen molar-refractivity contribution in [2.24, 2.45) is 0 Å². The van der Waals surface area contributed by atoms with E-state index in [9.17, 15) is 4.79 Å². The molecule has 0 fully saturated rings. The van der Waals surface area contributed by atoms with Crippen LogP contribution in [0.2, 0.25) is 0 Å². The van der Waals surface area contributed by atoms with Gasteiger partial charge in [-0.3, -0.25) is 4.79 Å². The molecule has 6 heteroatoms. The lowest BCUT2D eigenvalue weighted by molar-refractivity contribution is 0.0917. The Labute approximate surface area is 134 Å². The van der Waals surface area contributed by atoms with Gasteiger partial charge in [-0.2, -0.15) is 0 Å². The Hall–Kier alpha value is -2.14. The molecule has 1 heterocycles. The zero-order valence-corrected chi connectivity index (χ0v) is 13.2. The summed E-state index contributed by atoms with van der Waals surface area (Å²) in [6, 6.07) is 10.6. The molecule has 1 N–H and O–H groups in total. The highest BCUT2D eigenvalue weighted by Crippen LogP contribution is 2.25. The van der Waals surface area contributed by atoms with Crippen LogP contribution in [0.1, 0.15) is 28.6 Å². The Kier molecular flexibility index (Phi) is 5.72. The number of halogens is 1. The predicted molar refractivity (Wildman–Crippen MR) is 83.8 cm³/mol. The van der Waals surface area contributed by atoms with Gasteiger partial charge in [0, 0.05) is 0 Å². The van der Waals surface area contributed by atoms with Crippen LogP contribution in [0.3, 0.4) is 0 Å². The molecule has 0 spiro atoms. The third-order valence-electron chi connectivity index (χ3n) is 2.96. The van der Waals surface area contributed by atoms with Gasteiger partial charge in [-0.25, -0.2) is 0 Å². The molecule has 2 rings (SSSR count). The van der Waals surface area contributed by atoms with Crippen molar-refractivity contribution >= 4 is 17.5 Å². The molecule has 118 valence electrons. The summed E-state index contributed by atoms with van der Waals surface area (Å²) in [4.78, 5) is 11.9. The van der Waals surface area contributed by atoms with Gasteiger partial charge in [0.05, 0.1) is 19.0 Å². The van der Waals surface area contributed by atoms with E-state index in [1.54, 1.807) is 32.2 Å². The van der Waals surface area contributed by atoms with E-state index in [0.29, 0.717) is 30.4 Å². The summed E-state index contributed by atoms with van der Waals surface area (Å²) >= 11 is 5.89. The van der Waals surface area contributed by atoms with Crippen LogP contribution in [0.5, 0.6) is 11.5 Å². The van der Waals surface area contributed by atoms with Gasteiger partial charge >= 0.3 is 0 Å². The molecule has 5 nitrogen and oxygen atoms in total. The number of hydrogen-bond donors (Lipinski definition) is 1. The lowest BCUT2D eigenvalue weighted by atomic mass is 10.3. The minimum atomic E-state index is -0.299. The quantitative estimate of drug-likeness (QED) is 0.626. The number of benzene rings is 1. The highest BCUT2D eigenvalue weighted by atomic mass is 35.5. The number of hydrogen-bond acceptors (Lipinski definition) is 4. The van der Waals surface area contributed by atoms with Crippen molar-refractivity contribution in [2.45, 2.75) is 12.3 Å². The van der Waals surface area contributed by atoms with E-state index < -0.39 is 0 Å². The molecular formula is C16H18ClNO4. The van der Waals surface area contributed by atoms with Crippen molar-refractivity contribution < 1.29 is 18.7 Å². The molecule has 1 aromatic heterocycles. The number of para-hydroxylation sites is 2. The second-order valence-corrected chi connectivity index (χ2v) is 5.23. The number of furan rings is 1. The number of methoxy groups -OCH3 is 1. The van der Waals surface area contributed by atoms with Crippen LogP contribution in [0.25, 0.3) is 0 Å². The zero-order chi connectivity index (χ0) is 15.9. The Morgan fingerprint density at radius 2 is 2.00 bits per heavy atom. The van der Waals surface area contributed by atoms with Gasteiger partial charge in [0.15, 0.2) is 17.3 Å². The van der Waals surface area contributed by atoms with E-state index >= 15 is 0 Å². The van der Waals surface area contributed by atoms with Crippen molar-refractivity contribution in [3.63, 3.8) is 0 Å². The van der Waals surface area contributed by atoms with Gasteiger partial charge in [0.25, 0.3) is 5.91 Å². The number of nitrogens with one attached hydrogen (secondary N) is 1. The largest absolute Gasteiger partial charge is 0.493 e. The lowest BCUT2D eigenvalue weighted by Crippen LogP contribution is -2.27. The summed E-state index contributed by atoms with van der Waals surface area (Å²) in [5.74, 6) is 1.79. The zero-order valence-electron chi connectivity index (χ0n) is 12.5. The first-order valence-corrected chi connectivity index (χ1v) is 7.33. The molecular weight excluding hydrogens is 306 g/mol. The van der Waals surface area contributed by atoms with E-state index in [1.807, 2.05) is 18.2 Å². The number of carbonyl (C=O) groups is 1. The van der Waals surface area contributed by atoms with Crippen LogP contribution >= 0.6 is 11.6 Å². The Balaban J connectivity index is 1.79. The van der Waals surface area contributed by atoms with E-state index in [-0.39, 0.29) is 17.0 Å². The molecule has 22 heavy (non-hydrogen) atoms. The predicted octanol–water partition coefficient (Wildman–Crippen LogP) is 3.40. The normalized spacial score (nSPS) is 11.8. The molecule has 1 atom stereocenters. The average Bonchev–Trinajstić information content (AvgIpc) is 3.02. The highest BCUT2D eigenvalue weighted by Gasteiger charge is 2.13. The number of rotatable bonds is 7. The van der Waals surface area contributed by atoms with Crippen LogP contribution < -0.4 is 14.8 Å². The van der Waals surface area contributed by atoms with Gasteiger partial charge in [-0.1, -0.05) is 12.1 Å². The van der Waals surface area contributed by atoms with E-state index in [1.165, 1.54) is 0 Å². The van der Waals surface area contributed by atoms with Gasteiger partial charge in [-0.05, 0) is 31.2 Å². The van der Waals surface area contributed by atoms with Gasteiger partial charge in [0.1, 0.15) is 12.4 Å². The molecule has 0 bridgehead atoms. The maximum Gasteiger partial charge on any atom is 0.287 e. The second kappa shape index (κ2) is 7.75. The van der Waals surface area contributed by atoms with Crippen molar-refractivity contribution in [3.05, 3.63) is 47.9 Å². The highest BCUT2D eigenvalue weighted by molar-refractivity contribution is 6.20. The summed E-state index contributed by atoms with van der Waals surface area (Å²) in [5, 5.41) is 2.45. The number of carbonyl (C=O) groups excluding carboxylic acids is 1. The van der Waals surface area contributed by atoms with Crippen molar-refractivity contribution in [2.75, 3.05) is 20.3 Å². The summed E-state index contributed by atoms with van der Waals surface area (Å²) in [6.45, 7) is 2.46. The fourth-order valence-electron chi connectivity index (χ4n) is 1.84. The van der Waals surface area contributed by atoms with Crippen LogP contribution in [0, 0.1) is 0 Å². The summed E-state index contributed by atoms with van der Waals surface area (Å²) in [6.07, 6.45) is 0. The minimum Gasteiger partial charge on any atom is -0.493 e. The van der Waals surface area contributed by atoms with Crippen LogP contribution in [0.4, 0.5) is 0 Å². The van der Waals surface area contributed by atoms with Crippen molar-refractivity contribution in [1.82, 2.24) is 5.32 Å². The fourth-order valence-corrected chi connectivity index (χ4v) is 1.96. The second-order valence-electron chi connectivity index (χ2n) is 4.57. The SMILES string of the molecule is COc1ccccc1OCCNC(=O)c1ccc(C(C)Cl)o1. The van der Waals surface area contributed by atoms with Gasteiger partial charge in [-0.15, -0.1) is 11.6 Å². The van der Waals surface area contributed by atoms with Gasteiger partial charge in [0.2, 0.25) is 0 Å². The Bertz CT molecular complexity index is 624. The number of alkyl halides is 1. The maximum absolute atomic E-state index is 11.9.